The number of carbonyl (C=O) groups is 1. The number of hydrogen-bond donors (Lipinski definition) is 0. The van der Waals surface area contributed by atoms with Crippen molar-refractivity contribution in [2.24, 2.45) is 0 Å². The molecule has 6 nitrogen and oxygen atoms in total. The molecule has 2 saturated heterocycles. The molecule has 0 unspecified atom stereocenters. The van der Waals surface area contributed by atoms with E-state index in [-0.39, 0.29) is 0 Å². The molecule has 1 amide bonds. The molecule has 0 aliphatic carbocycles. The van der Waals surface area contributed by atoms with E-state index in [4.69, 9.17) is 0 Å². The quantitative estimate of drug-likeness (QED) is 0.835. The van der Waals surface area contributed by atoms with E-state index in [1.165, 1.54) is 25.8 Å². The second kappa shape index (κ2) is 8.13. The lowest BCUT2D eigenvalue weighted by atomic mass is 9.98. The fraction of sp³-hybridized carbons (Fsp3) is 0.737. The molecule has 0 radical (unpaired) electrons. The van der Waals surface area contributed by atoms with Crippen LogP contribution < -0.4 is 4.90 Å². The van der Waals surface area contributed by atoms with Crippen LogP contribution in [0.3, 0.4) is 0 Å². The van der Waals surface area contributed by atoms with Crippen molar-refractivity contribution >= 4 is 11.9 Å². The lowest BCUT2D eigenvalue weighted by molar-refractivity contribution is -0.131. The first-order chi connectivity index (χ1) is 12.0. The van der Waals surface area contributed by atoms with Crippen molar-refractivity contribution in [3.05, 3.63) is 17.5 Å². The van der Waals surface area contributed by atoms with Gasteiger partial charge in [0.25, 0.3) is 0 Å². The fourth-order valence-corrected chi connectivity index (χ4v) is 3.96. The van der Waals surface area contributed by atoms with Crippen molar-refractivity contribution in [2.45, 2.75) is 52.0 Å². The summed E-state index contributed by atoms with van der Waals surface area (Å²) in [6.07, 6.45) is 5.51. The molecule has 25 heavy (non-hydrogen) atoms. The molecule has 2 aliphatic rings. The molecule has 1 atom stereocenters. The minimum atomic E-state index is 0.306. The average molecular weight is 345 g/mol. The molecule has 0 saturated carbocycles. The molecule has 3 heterocycles. The van der Waals surface area contributed by atoms with E-state index in [0.29, 0.717) is 18.4 Å². The van der Waals surface area contributed by atoms with E-state index < -0.39 is 0 Å². The van der Waals surface area contributed by atoms with Crippen LogP contribution in [0.5, 0.6) is 0 Å². The number of aromatic nitrogens is 2. The molecule has 0 N–H and O–H groups in total. The molecule has 138 valence electrons. The van der Waals surface area contributed by atoms with E-state index in [0.717, 1.165) is 49.9 Å². The molecule has 0 bridgehead atoms. The molecule has 2 fully saturated rings. The lowest BCUT2D eigenvalue weighted by Gasteiger charge is -2.36. The maximum atomic E-state index is 12.6. The van der Waals surface area contributed by atoms with E-state index in [9.17, 15) is 4.79 Å². The standard InChI is InChI=1S/C19H31N5O/c1-15-14-16(2)21-19(20-15)24-12-10-23(11-13-24)18(25)8-7-17-6-4-5-9-22(17)3/h14,17H,4-13H2,1-3H3/t17-/m1/s1. The van der Waals surface area contributed by atoms with Gasteiger partial charge in [0.15, 0.2) is 0 Å². The summed E-state index contributed by atoms with van der Waals surface area (Å²) in [6, 6.07) is 2.58. The van der Waals surface area contributed by atoms with Gasteiger partial charge in [0.2, 0.25) is 11.9 Å². The highest BCUT2D eigenvalue weighted by Gasteiger charge is 2.25. The number of piperidine rings is 1. The third-order valence-corrected chi connectivity index (χ3v) is 5.50. The molecule has 0 aromatic carbocycles. The first kappa shape index (κ1) is 18.1. The molecule has 1 aromatic heterocycles. The molecule has 2 aliphatic heterocycles. The van der Waals surface area contributed by atoms with Gasteiger partial charge in [-0.25, -0.2) is 9.97 Å². The van der Waals surface area contributed by atoms with Crippen LogP contribution in [0.15, 0.2) is 6.07 Å². The smallest absolute Gasteiger partial charge is 0.225 e. The van der Waals surface area contributed by atoms with Gasteiger partial charge in [-0.2, -0.15) is 0 Å². The first-order valence-corrected chi connectivity index (χ1v) is 9.58. The Kier molecular flexibility index (Phi) is 5.89. The minimum absolute atomic E-state index is 0.306. The normalized spacial score (nSPS) is 22.3. The van der Waals surface area contributed by atoms with Gasteiger partial charge in [-0.3, -0.25) is 4.79 Å². The number of hydrogen-bond acceptors (Lipinski definition) is 5. The summed E-state index contributed by atoms with van der Waals surface area (Å²) < 4.78 is 0. The third-order valence-electron chi connectivity index (χ3n) is 5.50. The first-order valence-electron chi connectivity index (χ1n) is 9.58. The van der Waals surface area contributed by atoms with Gasteiger partial charge in [0.05, 0.1) is 0 Å². The maximum Gasteiger partial charge on any atom is 0.225 e. The zero-order chi connectivity index (χ0) is 17.8. The third kappa shape index (κ3) is 4.69. The largest absolute Gasteiger partial charge is 0.339 e. The highest BCUT2D eigenvalue weighted by molar-refractivity contribution is 5.76. The predicted octanol–water partition coefficient (Wildman–Crippen LogP) is 2.01. The summed E-state index contributed by atoms with van der Waals surface area (Å²) in [6.45, 7) is 8.36. The number of piperazine rings is 1. The topological polar surface area (TPSA) is 52.6 Å². The number of anilines is 1. The van der Waals surface area contributed by atoms with Gasteiger partial charge >= 0.3 is 0 Å². The zero-order valence-electron chi connectivity index (χ0n) is 15.9. The number of amides is 1. The number of rotatable bonds is 4. The molecule has 3 rings (SSSR count). The Labute approximate surface area is 151 Å². The van der Waals surface area contributed by atoms with E-state index in [1.807, 2.05) is 24.8 Å². The summed E-state index contributed by atoms with van der Waals surface area (Å²) in [4.78, 5) is 28.3. The van der Waals surface area contributed by atoms with Crippen molar-refractivity contribution in [1.82, 2.24) is 19.8 Å². The highest BCUT2D eigenvalue weighted by Crippen LogP contribution is 2.20. The van der Waals surface area contributed by atoms with Crippen molar-refractivity contribution in [1.29, 1.82) is 0 Å². The van der Waals surface area contributed by atoms with Crippen LogP contribution in [0.1, 0.15) is 43.5 Å². The summed E-state index contributed by atoms with van der Waals surface area (Å²) in [5.74, 6) is 1.10. The van der Waals surface area contributed by atoms with E-state index >= 15 is 0 Å². The Morgan fingerprint density at radius 2 is 1.76 bits per heavy atom. The van der Waals surface area contributed by atoms with Crippen LogP contribution in [0, 0.1) is 13.8 Å². The monoisotopic (exact) mass is 345 g/mol. The second-order valence-corrected chi connectivity index (χ2v) is 7.49. The van der Waals surface area contributed by atoms with Crippen molar-refractivity contribution < 1.29 is 4.79 Å². The number of aryl methyl sites for hydroxylation is 2. The van der Waals surface area contributed by atoms with Crippen LogP contribution in [0.4, 0.5) is 5.95 Å². The van der Waals surface area contributed by atoms with Gasteiger partial charge in [0.1, 0.15) is 0 Å². The Hall–Kier alpha value is -1.69. The summed E-state index contributed by atoms with van der Waals surface area (Å²) in [7, 11) is 2.19. The van der Waals surface area contributed by atoms with Gasteiger partial charge < -0.3 is 14.7 Å². The van der Waals surface area contributed by atoms with E-state index in [2.05, 4.69) is 26.8 Å². The van der Waals surface area contributed by atoms with Crippen LogP contribution in [0.2, 0.25) is 0 Å². The molecular formula is C19H31N5O. The summed E-state index contributed by atoms with van der Waals surface area (Å²) in [5.41, 5.74) is 2.00. The average Bonchev–Trinajstić information content (AvgIpc) is 2.60. The van der Waals surface area contributed by atoms with Gasteiger partial charge in [-0.15, -0.1) is 0 Å². The molecule has 6 heteroatoms. The molecular weight excluding hydrogens is 314 g/mol. The van der Waals surface area contributed by atoms with E-state index in [1.54, 1.807) is 0 Å². The number of nitrogens with zero attached hydrogens (tertiary/aromatic N) is 5. The predicted molar refractivity (Wildman–Crippen MR) is 99.8 cm³/mol. The Morgan fingerprint density at radius 1 is 1.08 bits per heavy atom. The van der Waals surface area contributed by atoms with Crippen LogP contribution >= 0.6 is 0 Å². The second-order valence-electron chi connectivity index (χ2n) is 7.49. The Balaban J connectivity index is 1.47. The Morgan fingerprint density at radius 3 is 2.40 bits per heavy atom. The van der Waals surface area contributed by atoms with Crippen LogP contribution in [-0.2, 0) is 4.79 Å². The van der Waals surface area contributed by atoms with Crippen LogP contribution in [0.25, 0.3) is 0 Å². The van der Waals surface area contributed by atoms with Crippen molar-refractivity contribution in [3.63, 3.8) is 0 Å². The van der Waals surface area contributed by atoms with Gasteiger partial charge in [-0.1, -0.05) is 6.42 Å². The number of carbonyl (C=O) groups excluding carboxylic acids is 1. The Bertz CT molecular complexity index is 577. The van der Waals surface area contributed by atoms with Gasteiger partial charge in [0, 0.05) is 50.0 Å². The lowest BCUT2D eigenvalue weighted by Crippen LogP contribution is -2.49. The highest BCUT2D eigenvalue weighted by atomic mass is 16.2. The molecule has 0 spiro atoms. The summed E-state index contributed by atoms with van der Waals surface area (Å²) >= 11 is 0. The fourth-order valence-electron chi connectivity index (χ4n) is 3.96. The van der Waals surface area contributed by atoms with Crippen molar-refractivity contribution in [3.8, 4) is 0 Å². The van der Waals surface area contributed by atoms with Crippen LogP contribution in [-0.4, -0.2) is 71.5 Å². The van der Waals surface area contributed by atoms with Gasteiger partial charge in [-0.05, 0) is 52.8 Å². The molecule has 1 aromatic rings. The summed E-state index contributed by atoms with van der Waals surface area (Å²) in [5, 5.41) is 0. The SMILES string of the molecule is Cc1cc(C)nc(N2CCN(C(=O)CC[C@H]3CCCCN3C)CC2)n1. The minimum Gasteiger partial charge on any atom is -0.339 e. The zero-order valence-corrected chi connectivity index (χ0v) is 15.9. The van der Waals surface area contributed by atoms with Crippen molar-refractivity contribution in [2.75, 3.05) is 44.7 Å². The number of likely N-dealkylation sites (tertiary alicyclic amines) is 1. The maximum absolute atomic E-state index is 12.6.